The van der Waals surface area contributed by atoms with Gasteiger partial charge in [0.2, 0.25) is 4.96 Å². The van der Waals surface area contributed by atoms with Crippen LogP contribution in [0.5, 0.6) is 5.75 Å². The fourth-order valence-corrected chi connectivity index (χ4v) is 3.30. The maximum absolute atomic E-state index is 9.62. The van der Waals surface area contributed by atoms with Crippen molar-refractivity contribution in [3.8, 4) is 23.1 Å². The molecule has 0 fully saturated rings. The van der Waals surface area contributed by atoms with Crippen molar-refractivity contribution < 1.29 is 4.74 Å². The van der Waals surface area contributed by atoms with E-state index >= 15 is 0 Å². The van der Waals surface area contributed by atoms with Crippen LogP contribution in [-0.4, -0.2) is 21.7 Å². The van der Waals surface area contributed by atoms with Crippen molar-refractivity contribution in [2.75, 3.05) is 7.11 Å². The van der Waals surface area contributed by atoms with Crippen molar-refractivity contribution in [2.45, 2.75) is 33.1 Å². The molecular formula is C17H18N4OS. The quantitative estimate of drug-likeness (QED) is 0.715. The van der Waals surface area contributed by atoms with Crippen LogP contribution in [0.1, 0.15) is 37.0 Å². The average Bonchev–Trinajstić information content (AvgIpc) is 3.03. The Labute approximate surface area is 139 Å². The van der Waals surface area contributed by atoms with E-state index in [1.807, 2.05) is 25.1 Å². The lowest BCUT2D eigenvalue weighted by Crippen LogP contribution is -2.11. The molecule has 2 heterocycles. The minimum atomic E-state index is -0.0702. The molecular weight excluding hydrogens is 308 g/mol. The largest absolute Gasteiger partial charge is 0.496 e. The Kier molecular flexibility index (Phi) is 3.61. The van der Waals surface area contributed by atoms with Gasteiger partial charge in [0.1, 0.15) is 22.5 Å². The van der Waals surface area contributed by atoms with Crippen molar-refractivity contribution in [3.05, 3.63) is 34.5 Å². The number of imidazole rings is 1. The number of hydrogen-bond acceptors (Lipinski definition) is 5. The Morgan fingerprint density at radius 1 is 1.30 bits per heavy atom. The summed E-state index contributed by atoms with van der Waals surface area (Å²) in [6, 6.07) is 8.10. The maximum atomic E-state index is 9.62. The second-order valence-electron chi connectivity index (χ2n) is 6.48. The Bertz CT molecular complexity index is 925. The Balaban J connectivity index is 2.26. The normalized spacial score (nSPS) is 11.7. The van der Waals surface area contributed by atoms with Crippen LogP contribution in [0.2, 0.25) is 0 Å². The minimum Gasteiger partial charge on any atom is -0.496 e. The van der Waals surface area contributed by atoms with E-state index in [0.717, 1.165) is 21.1 Å². The number of nitriles is 1. The third-order valence-electron chi connectivity index (χ3n) is 3.56. The molecule has 3 aromatic rings. The van der Waals surface area contributed by atoms with Gasteiger partial charge in [-0.1, -0.05) is 43.7 Å². The first-order valence-corrected chi connectivity index (χ1v) is 8.12. The Morgan fingerprint density at radius 2 is 2.04 bits per heavy atom. The summed E-state index contributed by atoms with van der Waals surface area (Å²) in [5.74, 6) is 0.703. The van der Waals surface area contributed by atoms with Crippen LogP contribution in [0.3, 0.4) is 0 Å². The Hall–Kier alpha value is -2.39. The highest BCUT2D eigenvalue weighted by molar-refractivity contribution is 7.16. The lowest BCUT2D eigenvalue weighted by molar-refractivity contribution is 0.416. The number of nitrogens with zero attached hydrogens (tertiary/aromatic N) is 4. The summed E-state index contributed by atoms with van der Waals surface area (Å²) in [4.78, 5) is 5.38. The fourth-order valence-electron chi connectivity index (χ4n) is 2.35. The van der Waals surface area contributed by atoms with Crippen LogP contribution >= 0.6 is 11.3 Å². The average molecular weight is 326 g/mol. The molecule has 0 bridgehead atoms. The summed E-state index contributed by atoms with van der Waals surface area (Å²) in [6.45, 7) is 8.30. The number of aromatic nitrogens is 3. The van der Waals surface area contributed by atoms with Gasteiger partial charge in [-0.05, 0) is 19.1 Å². The first-order valence-electron chi connectivity index (χ1n) is 7.30. The summed E-state index contributed by atoms with van der Waals surface area (Å²) >= 11 is 1.52. The number of methoxy groups -OCH3 is 1. The van der Waals surface area contributed by atoms with E-state index in [1.54, 1.807) is 11.6 Å². The van der Waals surface area contributed by atoms with Gasteiger partial charge in [0.25, 0.3) is 0 Å². The number of aryl methyl sites for hydroxylation is 1. The van der Waals surface area contributed by atoms with Crippen LogP contribution in [0.15, 0.2) is 18.2 Å². The van der Waals surface area contributed by atoms with Crippen molar-refractivity contribution in [2.24, 2.45) is 0 Å². The zero-order chi connectivity index (χ0) is 16.8. The van der Waals surface area contributed by atoms with Crippen LogP contribution in [-0.2, 0) is 5.41 Å². The second-order valence-corrected chi connectivity index (χ2v) is 7.43. The molecule has 5 nitrogen and oxygen atoms in total. The monoisotopic (exact) mass is 326 g/mol. The standard InChI is InChI=1S/C17H18N4OS/c1-10-6-7-13(22-5)11(8-10)14-12(9-18)21-16(19-14)23-15(20-21)17(2,3)4/h6-8H,1-5H3. The van der Waals surface area contributed by atoms with E-state index < -0.39 is 0 Å². The van der Waals surface area contributed by atoms with Gasteiger partial charge in [-0.25, -0.2) is 4.98 Å². The number of ether oxygens (including phenoxy) is 1. The third kappa shape index (κ3) is 2.57. The van der Waals surface area contributed by atoms with E-state index in [4.69, 9.17) is 4.74 Å². The van der Waals surface area contributed by atoms with Gasteiger partial charge < -0.3 is 4.74 Å². The molecule has 0 saturated carbocycles. The molecule has 0 unspecified atom stereocenters. The third-order valence-corrected chi connectivity index (χ3v) is 4.90. The number of benzene rings is 1. The molecule has 0 spiro atoms. The number of hydrogen-bond donors (Lipinski definition) is 0. The predicted molar refractivity (Wildman–Crippen MR) is 91.0 cm³/mol. The molecule has 0 aliphatic heterocycles. The smallest absolute Gasteiger partial charge is 0.214 e. The lowest BCUT2D eigenvalue weighted by atomic mass is 9.98. The summed E-state index contributed by atoms with van der Waals surface area (Å²) < 4.78 is 7.07. The van der Waals surface area contributed by atoms with E-state index in [2.05, 4.69) is 36.9 Å². The van der Waals surface area contributed by atoms with Gasteiger partial charge in [0.15, 0.2) is 5.69 Å². The zero-order valence-corrected chi connectivity index (χ0v) is 14.7. The molecule has 0 atom stereocenters. The molecule has 0 aliphatic rings. The highest BCUT2D eigenvalue weighted by Crippen LogP contribution is 2.35. The lowest BCUT2D eigenvalue weighted by Gasteiger charge is -2.12. The van der Waals surface area contributed by atoms with Crippen molar-refractivity contribution >= 4 is 16.3 Å². The molecule has 0 saturated heterocycles. The van der Waals surface area contributed by atoms with E-state index in [0.29, 0.717) is 17.1 Å². The van der Waals surface area contributed by atoms with Gasteiger partial charge in [-0.15, -0.1) is 0 Å². The first kappa shape index (κ1) is 15.5. The number of fused-ring (bicyclic) bond motifs is 1. The molecule has 0 amide bonds. The van der Waals surface area contributed by atoms with Gasteiger partial charge in [0.05, 0.1) is 7.11 Å². The molecule has 23 heavy (non-hydrogen) atoms. The molecule has 6 heteroatoms. The van der Waals surface area contributed by atoms with E-state index in [1.165, 1.54) is 11.3 Å². The molecule has 2 aromatic heterocycles. The predicted octanol–water partition coefficient (Wildman–Crippen LogP) is 3.94. The summed E-state index contributed by atoms with van der Waals surface area (Å²) in [7, 11) is 1.62. The van der Waals surface area contributed by atoms with Gasteiger partial charge >= 0.3 is 0 Å². The summed E-state index contributed by atoms with van der Waals surface area (Å²) in [6.07, 6.45) is 0. The van der Waals surface area contributed by atoms with Crippen LogP contribution in [0.4, 0.5) is 0 Å². The van der Waals surface area contributed by atoms with Gasteiger partial charge in [-0.3, -0.25) is 0 Å². The highest BCUT2D eigenvalue weighted by atomic mass is 32.1. The van der Waals surface area contributed by atoms with Gasteiger partial charge in [0, 0.05) is 11.0 Å². The maximum Gasteiger partial charge on any atom is 0.214 e. The topological polar surface area (TPSA) is 63.2 Å². The van der Waals surface area contributed by atoms with Crippen molar-refractivity contribution in [1.82, 2.24) is 14.6 Å². The molecule has 0 aliphatic carbocycles. The molecule has 0 N–H and O–H groups in total. The zero-order valence-electron chi connectivity index (χ0n) is 13.8. The van der Waals surface area contributed by atoms with Crippen LogP contribution in [0.25, 0.3) is 16.2 Å². The van der Waals surface area contributed by atoms with Crippen LogP contribution < -0.4 is 4.74 Å². The highest BCUT2D eigenvalue weighted by Gasteiger charge is 2.24. The summed E-state index contributed by atoms with van der Waals surface area (Å²) in [5.41, 5.74) is 2.89. The van der Waals surface area contributed by atoms with E-state index in [9.17, 15) is 5.26 Å². The van der Waals surface area contributed by atoms with E-state index in [-0.39, 0.29) is 5.41 Å². The minimum absolute atomic E-state index is 0.0702. The van der Waals surface area contributed by atoms with Crippen LogP contribution in [0, 0.1) is 18.3 Å². The first-order chi connectivity index (χ1) is 10.8. The molecule has 0 radical (unpaired) electrons. The fraction of sp³-hybridized carbons (Fsp3) is 0.353. The second kappa shape index (κ2) is 5.36. The Morgan fingerprint density at radius 3 is 2.65 bits per heavy atom. The number of rotatable bonds is 2. The molecule has 1 aromatic carbocycles. The summed E-state index contributed by atoms with van der Waals surface area (Å²) in [5, 5.41) is 15.2. The van der Waals surface area contributed by atoms with Crippen molar-refractivity contribution in [3.63, 3.8) is 0 Å². The SMILES string of the molecule is COc1ccc(C)cc1-c1nc2sc(C(C)(C)C)nn2c1C#N. The van der Waals surface area contributed by atoms with Gasteiger partial charge in [-0.2, -0.15) is 14.9 Å². The molecule has 3 rings (SSSR count). The van der Waals surface area contributed by atoms with Crippen molar-refractivity contribution in [1.29, 1.82) is 5.26 Å². The molecule has 118 valence electrons.